The Morgan fingerprint density at radius 1 is 1.17 bits per heavy atom. The first-order valence-electron chi connectivity index (χ1n) is 12.0. The molecular weight excluding hydrogens is 467 g/mol. The van der Waals surface area contributed by atoms with Crippen LogP contribution in [0.1, 0.15) is 50.4 Å². The number of hydrogen-bond donors (Lipinski definition) is 2. The van der Waals surface area contributed by atoms with Crippen LogP contribution in [0.4, 0.5) is 13.2 Å². The number of azo groups is 1. The Morgan fingerprint density at radius 2 is 1.92 bits per heavy atom. The average molecular weight is 496 g/mol. The number of carbonyl (C=O) groups is 1. The summed E-state index contributed by atoms with van der Waals surface area (Å²) in [7, 11) is 0. The van der Waals surface area contributed by atoms with Gasteiger partial charge in [0, 0.05) is 35.1 Å². The van der Waals surface area contributed by atoms with Crippen molar-refractivity contribution in [2.45, 2.75) is 70.8 Å². The number of aryl methyl sites for hydroxylation is 1. The maximum absolute atomic E-state index is 14.2. The molecule has 0 radical (unpaired) electrons. The van der Waals surface area contributed by atoms with Crippen molar-refractivity contribution in [1.29, 1.82) is 0 Å². The van der Waals surface area contributed by atoms with Crippen molar-refractivity contribution >= 4 is 5.91 Å². The normalized spacial score (nSPS) is 24.9. The fourth-order valence-electron chi connectivity index (χ4n) is 5.83. The van der Waals surface area contributed by atoms with E-state index in [-0.39, 0.29) is 17.9 Å². The monoisotopic (exact) mass is 495 g/mol. The molecule has 0 aliphatic carbocycles. The van der Waals surface area contributed by atoms with Crippen molar-refractivity contribution in [2.24, 2.45) is 10.2 Å². The van der Waals surface area contributed by atoms with Crippen LogP contribution in [0.2, 0.25) is 0 Å². The first-order chi connectivity index (χ1) is 16.9. The molecule has 2 N–H and O–H groups in total. The van der Waals surface area contributed by atoms with Gasteiger partial charge in [0.25, 0.3) is 5.91 Å². The summed E-state index contributed by atoms with van der Waals surface area (Å²) in [5.74, 6) is -0.378. The van der Waals surface area contributed by atoms with E-state index in [1.165, 1.54) is 0 Å². The number of fused-ring (bicyclic) bond motifs is 1. The van der Waals surface area contributed by atoms with E-state index in [0.29, 0.717) is 23.3 Å². The number of alkyl halides is 3. The largest absolute Gasteiger partial charge is 0.435 e. The Morgan fingerprint density at radius 3 is 2.61 bits per heavy atom. The van der Waals surface area contributed by atoms with Crippen molar-refractivity contribution < 1.29 is 18.0 Å². The second-order valence-electron chi connectivity index (χ2n) is 10.3. The van der Waals surface area contributed by atoms with Gasteiger partial charge in [-0.1, -0.05) is 25.1 Å². The highest BCUT2D eigenvalue weighted by Gasteiger charge is 2.57. The van der Waals surface area contributed by atoms with E-state index in [4.69, 9.17) is 0 Å². The van der Waals surface area contributed by atoms with E-state index in [2.05, 4.69) is 25.8 Å². The topological polar surface area (TPSA) is 78.7 Å². The summed E-state index contributed by atoms with van der Waals surface area (Å²) in [4.78, 5) is 17.9. The molecule has 36 heavy (non-hydrogen) atoms. The summed E-state index contributed by atoms with van der Waals surface area (Å²) in [6, 6.07) is 9.35. The van der Waals surface area contributed by atoms with Gasteiger partial charge in [-0.3, -0.25) is 9.78 Å². The van der Waals surface area contributed by atoms with Gasteiger partial charge < -0.3 is 10.6 Å². The molecule has 0 bridgehead atoms. The summed E-state index contributed by atoms with van der Waals surface area (Å²) in [6.07, 6.45) is -3.31. The molecule has 3 aliphatic rings. The quantitative estimate of drug-likeness (QED) is 0.567. The minimum Gasteiger partial charge on any atom is -0.362 e. The lowest BCUT2D eigenvalue weighted by Crippen LogP contribution is -2.58. The van der Waals surface area contributed by atoms with E-state index in [1.807, 2.05) is 58.9 Å². The Bertz CT molecular complexity index is 1370. The van der Waals surface area contributed by atoms with Gasteiger partial charge in [-0.15, -0.1) is 5.11 Å². The molecule has 5 rings (SSSR count). The number of amides is 1. The number of benzene rings is 1. The fraction of sp³-hybridized carbons (Fsp3) is 0.407. The molecule has 0 spiro atoms. The Balaban J connectivity index is 1.83. The number of allylic oxidation sites excluding steroid dienone is 1. The van der Waals surface area contributed by atoms with Crippen LogP contribution >= 0.6 is 0 Å². The minimum absolute atomic E-state index is 0.0223. The third kappa shape index (κ3) is 3.55. The van der Waals surface area contributed by atoms with Gasteiger partial charge in [-0.05, 0) is 68.5 Å². The molecule has 3 aliphatic heterocycles. The Labute approximate surface area is 207 Å². The van der Waals surface area contributed by atoms with Crippen LogP contribution in [0, 0.1) is 13.8 Å². The van der Waals surface area contributed by atoms with E-state index in [1.54, 1.807) is 12.3 Å². The molecule has 0 fully saturated rings. The molecule has 1 unspecified atom stereocenters. The van der Waals surface area contributed by atoms with E-state index in [9.17, 15) is 18.0 Å². The summed E-state index contributed by atoms with van der Waals surface area (Å²) in [5.41, 5.74) is 2.21. The third-order valence-electron chi connectivity index (χ3n) is 7.52. The molecule has 1 amide bonds. The maximum atomic E-state index is 14.2. The zero-order chi connectivity index (χ0) is 26.0. The smallest absolute Gasteiger partial charge is 0.362 e. The number of halogens is 3. The summed E-state index contributed by atoms with van der Waals surface area (Å²) in [6.45, 7) is 9.48. The van der Waals surface area contributed by atoms with Crippen molar-refractivity contribution in [3.8, 4) is 11.1 Å². The zero-order valence-electron chi connectivity index (χ0n) is 20.8. The lowest BCUT2D eigenvalue weighted by molar-refractivity contribution is -0.120. The van der Waals surface area contributed by atoms with Crippen LogP contribution in [-0.4, -0.2) is 28.8 Å². The molecule has 4 heterocycles. The predicted molar refractivity (Wildman–Crippen MR) is 130 cm³/mol. The zero-order valence-corrected chi connectivity index (χ0v) is 20.8. The molecule has 1 aromatic heterocycles. The molecule has 0 saturated heterocycles. The summed E-state index contributed by atoms with van der Waals surface area (Å²) >= 11 is 0. The van der Waals surface area contributed by atoms with Crippen LogP contribution in [0.15, 0.2) is 69.3 Å². The highest BCUT2D eigenvalue weighted by molar-refractivity contribution is 6.00. The lowest BCUT2D eigenvalue weighted by Gasteiger charge is -2.48. The predicted octanol–water partition coefficient (Wildman–Crippen LogP) is 5.78. The number of carbonyl (C=O) groups excluding carboxylic acids is 1. The first-order valence-corrected chi connectivity index (χ1v) is 12.0. The molecule has 9 heteroatoms. The molecule has 0 saturated carbocycles. The maximum Gasteiger partial charge on any atom is 0.435 e. The number of pyridine rings is 1. The van der Waals surface area contributed by atoms with Crippen LogP contribution in [-0.2, 0) is 10.2 Å². The van der Waals surface area contributed by atoms with Crippen LogP contribution in [0.5, 0.6) is 0 Å². The number of nitrogens with zero attached hydrogens (tertiary/aromatic N) is 3. The Kier molecular flexibility index (Phi) is 5.39. The van der Waals surface area contributed by atoms with Crippen molar-refractivity contribution in [1.82, 2.24) is 15.6 Å². The van der Waals surface area contributed by atoms with Crippen molar-refractivity contribution in [2.75, 3.05) is 0 Å². The molecule has 1 aromatic carbocycles. The van der Waals surface area contributed by atoms with E-state index < -0.39 is 29.0 Å². The van der Waals surface area contributed by atoms with Crippen LogP contribution in [0.25, 0.3) is 11.1 Å². The second kappa shape index (κ2) is 8.01. The highest BCUT2D eigenvalue weighted by atomic mass is 19.4. The number of hydrogen-bond acceptors (Lipinski definition) is 5. The van der Waals surface area contributed by atoms with Crippen molar-refractivity contribution in [3.05, 3.63) is 75.9 Å². The molecule has 2 aromatic rings. The molecular formula is C27H28F3N5O. The first kappa shape index (κ1) is 24.2. The van der Waals surface area contributed by atoms with Crippen LogP contribution < -0.4 is 10.6 Å². The fourth-order valence-corrected chi connectivity index (χ4v) is 5.83. The van der Waals surface area contributed by atoms with E-state index in [0.717, 1.165) is 22.4 Å². The minimum atomic E-state index is -4.71. The average Bonchev–Trinajstić information content (AvgIpc) is 3.23. The number of rotatable bonds is 3. The number of aromatic nitrogens is 1. The Hall–Kier alpha value is -3.49. The SMILES string of the molecule is CC[C@]1(c2cccc(-c3ccnc(C)c3C)c2)C2=C(CC(C)(C)NC2=O)NC2N=NC(C(F)(F)F)=C21. The van der Waals surface area contributed by atoms with Gasteiger partial charge in [-0.2, -0.15) is 18.3 Å². The van der Waals surface area contributed by atoms with Gasteiger partial charge in [0.15, 0.2) is 11.9 Å². The molecule has 188 valence electrons. The summed E-state index contributed by atoms with van der Waals surface area (Å²) < 4.78 is 42.7. The number of nitrogens with one attached hydrogen (secondary N) is 2. The van der Waals surface area contributed by atoms with Crippen LogP contribution in [0.3, 0.4) is 0 Å². The standard InChI is InChI=1S/C27H28F3N5O/c1-6-26(17-9-7-8-16(12-17)18-10-11-31-15(3)14(18)2)20-19(13-25(4,5)33-24(20)36)32-23-21(26)22(34-35-23)27(28,29)30/h7-12,23,32H,6,13H2,1-5H3,(H,33,36)/t23?,26-/m0/s1. The van der Waals surface area contributed by atoms with Crippen molar-refractivity contribution in [3.63, 3.8) is 0 Å². The van der Waals surface area contributed by atoms with Gasteiger partial charge in [-0.25, -0.2) is 0 Å². The van der Waals surface area contributed by atoms with Gasteiger partial charge >= 0.3 is 6.18 Å². The van der Waals surface area contributed by atoms with E-state index >= 15 is 0 Å². The second-order valence-corrected chi connectivity index (χ2v) is 10.3. The van der Waals surface area contributed by atoms with Gasteiger partial charge in [0.2, 0.25) is 0 Å². The van der Waals surface area contributed by atoms with Gasteiger partial charge in [0.1, 0.15) is 0 Å². The highest BCUT2D eigenvalue weighted by Crippen LogP contribution is 2.55. The van der Waals surface area contributed by atoms with Gasteiger partial charge in [0.05, 0.1) is 11.0 Å². The summed E-state index contributed by atoms with van der Waals surface area (Å²) in [5, 5.41) is 13.7. The third-order valence-corrected chi connectivity index (χ3v) is 7.52. The molecule has 6 nitrogen and oxygen atoms in total. The lowest BCUT2D eigenvalue weighted by atomic mass is 9.61. The molecule has 2 atom stereocenters.